The van der Waals surface area contributed by atoms with E-state index in [0.717, 1.165) is 19.3 Å². The van der Waals surface area contributed by atoms with Crippen LogP contribution in [0.25, 0.3) is 0 Å². The number of nitrogens with zero attached hydrogens (tertiary/aromatic N) is 1. The summed E-state index contributed by atoms with van der Waals surface area (Å²) in [5, 5.41) is 21.4. The number of carboxylic acids is 1. The van der Waals surface area contributed by atoms with Crippen molar-refractivity contribution in [2.75, 3.05) is 7.05 Å². The number of carbonyl (C=O) groups is 2. The summed E-state index contributed by atoms with van der Waals surface area (Å²) in [7, 11) is 1.65. The third-order valence-corrected chi connectivity index (χ3v) is 3.75. The van der Waals surface area contributed by atoms with Gasteiger partial charge in [-0.25, -0.2) is 4.79 Å². The third-order valence-electron chi connectivity index (χ3n) is 3.75. The Morgan fingerprint density at radius 1 is 1.37 bits per heavy atom. The van der Waals surface area contributed by atoms with Gasteiger partial charge >= 0.3 is 12.0 Å². The van der Waals surface area contributed by atoms with E-state index in [2.05, 4.69) is 5.32 Å². The van der Waals surface area contributed by atoms with Gasteiger partial charge in [0.1, 0.15) is 0 Å². The molecule has 1 aliphatic carbocycles. The Bertz CT molecular complexity index is 322. The number of aliphatic hydroxyl groups is 1. The number of rotatable bonds is 5. The van der Waals surface area contributed by atoms with Crippen LogP contribution in [0.5, 0.6) is 0 Å². The van der Waals surface area contributed by atoms with Crippen LogP contribution in [0.15, 0.2) is 0 Å². The predicted molar refractivity (Wildman–Crippen MR) is 70.9 cm³/mol. The van der Waals surface area contributed by atoms with Crippen LogP contribution in [0, 0.1) is 0 Å². The maximum atomic E-state index is 12.0. The Kier molecular flexibility index (Phi) is 6.08. The molecule has 1 aliphatic rings. The molecule has 2 amide bonds. The minimum absolute atomic E-state index is 0.0801. The monoisotopic (exact) mass is 272 g/mol. The first-order chi connectivity index (χ1) is 8.95. The molecule has 110 valence electrons. The van der Waals surface area contributed by atoms with Gasteiger partial charge in [-0.05, 0) is 19.3 Å². The zero-order chi connectivity index (χ0) is 14.4. The molecule has 0 radical (unpaired) electrons. The second-order valence-electron chi connectivity index (χ2n) is 5.18. The van der Waals surface area contributed by atoms with Gasteiger partial charge in [0.2, 0.25) is 0 Å². The Morgan fingerprint density at radius 3 is 2.53 bits per heavy atom. The lowest BCUT2D eigenvalue weighted by molar-refractivity contribution is -0.137. The molecule has 0 aliphatic heterocycles. The fourth-order valence-electron chi connectivity index (χ4n) is 2.48. The predicted octanol–water partition coefficient (Wildman–Crippen LogP) is 1.18. The van der Waals surface area contributed by atoms with Gasteiger partial charge in [-0.1, -0.05) is 19.8 Å². The second-order valence-corrected chi connectivity index (χ2v) is 5.18. The number of aliphatic hydroxyl groups excluding tert-OH is 1. The lowest BCUT2D eigenvalue weighted by atomic mass is 9.92. The van der Waals surface area contributed by atoms with Crippen molar-refractivity contribution in [3.63, 3.8) is 0 Å². The van der Waals surface area contributed by atoms with E-state index in [4.69, 9.17) is 5.11 Å². The minimum atomic E-state index is -0.924. The van der Waals surface area contributed by atoms with Crippen LogP contribution in [0.4, 0.5) is 4.79 Å². The Labute approximate surface area is 113 Å². The summed E-state index contributed by atoms with van der Waals surface area (Å²) >= 11 is 0. The molecule has 1 fully saturated rings. The van der Waals surface area contributed by atoms with E-state index in [9.17, 15) is 14.7 Å². The van der Waals surface area contributed by atoms with Gasteiger partial charge in [-0.15, -0.1) is 0 Å². The van der Waals surface area contributed by atoms with Gasteiger partial charge in [0.05, 0.1) is 18.6 Å². The molecule has 0 aromatic heterocycles. The van der Waals surface area contributed by atoms with Crippen molar-refractivity contribution in [1.82, 2.24) is 10.2 Å². The fourth-order valence-corrected chi connectivity index (χ4v) is 2.48. The molecule has 0 aromatic carbocycles. The maximum absolute atomic E-state index is 12.0. The lowest BCUT2D eigenvalue weighted by Gasteiger charge is -2.35. The standard InChI is InChI=1S/C13H24N2O4/c1-3-9(8-12(17)18)14-13(19)15(2)10-6-4-5-7-11(10)16/h9-11,16H,3-8H2,1-2H3,(H,14,19)(H,17,18). The zero-order valence-electron chi connectivity index (χ0n) is 11.6. The average molecular weight is 272 g/mol. The fraction of sp³-hybridized carbons (Fsp3) is 0.846. The van der Waals surface area contributed by atoms with Crippen LogP contribution in [0.3, 0.4) is 0 Å². The van der Waals surface area contributed by atoms with E-state index in [0.29, 0.717) is 12.8 Å². The first-order valence-electron chi connectivity index (χ1n) is 6.88. The smallest absolute Gasteiger partial charge is 0.317 e. The van der Waals surface area contributed by atoms with Crippen molar-refractivity contribution in [3.8, 4) is 0 Å². The first-order valence-corrected chi connectivity index (χ1v) is 6.88. The van der Waals surface area contributed by atoms with E-state index < -0.39 is 12.1 Å². The third kappa shape index (κ3) is 4.70. The van der Waals surface area contributed by atoms with Crippen LogP contribution in [0.1, 0.15) is 45.4 Å². The number of hydrogen-bond acceptors (Lipinski definition) is 3. The number of carbonyl (C=O) groups excluding carboxylic acids is 1. The molecule has 19 heavy (non-hydrogen) atoms. The summed E-state index contributed by atoms with van der Waals surface area (Å²) in [6, 6.07) is -0.844. The molecule has 0 spiro atoms. The highest BCUT2D eigenvalue weighted by molar-refractivity contribution is 5.76. The van der Waals surface area contributed by atoms with Crippen molar-refractivity contribution in [1.29, 1.82) is 0 Å². The maximum Gasteiger partial charge on any atom is 0.317 e. The van der Waals surface area contributed by atoms with E-state index >= 15 is 0 Å². The summed E-state index contributed by atoms with van der Waals surface area (Å²) in [4.78, 5) is 24.2. The number of amides is 2. The number of urea groups is 1. The summed E-state index contributed by atoms with van der Waals surface area (Å²) in [6.45, 7) is 1.84. The molecule has 3 atom stereocenters. The normalized spacial score (nSPS) is 24.6. The van der Waals surface area contributed by atoms with Crippen molar-refractivity contribution < 1.29 is 19.8 Å². The lowest BCUT2D eigenvalue weighted by Crippen LogP contribution is -2.52. The number of hydrogen-bond donors (Lipinski definition) is 3. The van der Waals surface area contributed by atoms with Crippen molar-refractivity contribution >= 4 is 12.0 Å². The van der Waals surface area contributed by atoms with Crippen molar-refractivity contribution in [2.45, 2.75) is 63.6 Å². The Hall–Kier alpha value is -1.30. The van der Waals surface area contributed by atoms with Crippen LogP contribution in [-0.4, -0.2) is 52.3 Å². The zero-order valence-corrected chi connectivity index (χ0v) is 11.6. The van der Waals surface area contributed by atoms with E-state index in [-0.39, 0.29) is 24.5 Å². The van der Waals surface area contributed by atoms with Crippen LogP contribution < -0.4 is 5.32 Å². The number of carboxylic acid groups (broad SMARTS) is 1. The molecule has 0 aromatic rings. The van der Waals surface area contributed by atoms with Crippen LogP contribution in [-0.2, 0) is 4.79 Å². The van der Waals surface area contributed by atoms with E-state index in [1.54, 1.807) is 7.05 Å². The number of aliphatic carboxylic acids is 1. The largest absolute Gasteiger partial charge is 0.481 e. The summed E-state index contributed by atoms with van der Waals surface area (Å²) in [6.07, 6.45) is 3.51. The van der Waals surface area contributed by atoms with Gasteiger partial charge < -0.3 is 20.4 Å². The van der Waals surface area contributed by atoms with Crippen LogP contribution in [0.2, 0.25) is 0 Å². The van der Waals surface area contributed by atoms with E-state index in [1.807, 2.05) is 6.92 Å². The topological polar surface area (TPSA) is 89.9 Å². The molecule has 3 N–H and O–H groups in total. The Morgan fingerprint density at radius 2 is 2.00 bits per heavy atom. The molecule has 6 nitrogen and oxygen atoms in total. The molecule has 1 rings (SSSR count). The number of nitrogens with one attached hydrogen (secondary N) is 1. The van der Waals surface area contributed by atoms with Crippen molar-refractivity contribution in [3.05, 3.63) is 0 Å². The molecule has 0 bridgehead atoms. The van der Waals surface area contributed by atoms with Gasteiger partial charge in [-0.2, -0.15) is 0 Å². The minimum Gasteiger partial charge on any atom is -0.481 e. The molecule has 1 saturated carbocycles. The molecule has 0 saturated heterocycles. The average Bonchev–Trinajstić information content (AvgIpc) is 2.37. The molecular formula is C13H24N2O4. The highest BCUT2D eigenvalue weighted by Crippen LogP contribution is 2.22. The van der Waals surface area contributed by atoms with Crippen LogP contribution >= 0.6 is 0 Å². The molecule has 0 heterocycles. The Balaban J connectivity index is 2.53. The van der Waals surface area contributed by atoms with Gasteiger partial charge in [0.15, 0.2) is 0 Å². The van der Waals surface area contributed by atoms with Gasteiger partial charge in [0, 0.05) is 13.1 Å². The summed E-state index contributed by atoms with van der Waals surface area (Å²) in [5.74, 6) is -0.924. The first kappa shape index (κ1) is 15.8. The molecule has 6 heteroatoms. The number of likely N-dealkylation sites (N-methyl/N-ethyl adjacent to an activating group) is 1. The molecular weight excluding hydrogens is 248 g/mol. The highest BCUT2D eigenvalue weighted by atomic mass is 16.4. The molecule has 3 unspecified atom stereocenters. The van der Waals surface area contributed by atoms with E-state index in [1.165, 1.54) is 4.90 Å². The van der Waals surface area contributed by atoms with Gasteiger partial charge in [0.25, 0.3) is 0 Å². The quantitative estimate of drug-likeness (QED) is 0.701. The SMILES string of the molecule is CCC(CC(=O)O)NC(=O)N(C)C1CCCCC1O. The summed E-state index contributed by atoms with van der Waals surface area (Å²) in [5.41, 5.74) is 0. The summed E-state index contributed by atoms with van der Waals surface area (Å²) < 4.78 is 0. The van der Waals surface area contributed by atoms with Crippen molar-refractivity contribution in [2.24, 2.45) is 0 Å². The van der Waals surface area contributed by atoms with Gasteiger partial charge in [-0.3, -0.25) is 4.79 Å². The highest BCUT2D eigenvalue weighted by Gasteiger charge is 2.30. The second kappa shape index (κ2) is 7.33.